The Bertz CT molecular complexity index is 1360. The summed E-state index contributed by atoms with van der Waals surface area (Å²) in [5.74, 6) is 0.661. The number of hydrogen-bond acceptors (Lipinski definition) is 4. The molecule has 0 radical (unpaired) electrons. The smallest absolute Gasteiger partial charge is 0.262 e. The fourth-order valence-corrected chi connectivity index (χ4v) is 4.14. The number of benzene rings is 4. The lowest BCUT2D eigenvalue weighted by molar-refractivity contribution is -0.118. The van der Waals surface area contributed by atoms with Gasteiger partial charge in [-0.05, 0) is 72.5 Å². The molecule has 6 nitrogen and oxygen atoms in total. The standard InChI is InChI=1S/C30H26Cl2N2O4/c1-19-7-3-5-9-27(19)37-17-29(35)33-25-13-11-21(15-23(25)31)22-12-14-26(24(32)16-22)34-30(36)18-38-28-10-6-4-8-20(28)2/h3-16H,17-18H2,1-2H3,(H,33,35)(H,34,36). The van der Waals surface area contributed by atoms with E-state index in [0.29, 0.717) is 32.9 Å². The van der Waals surface area contributed by atoms with Crippen LogP contribution in [0.1, 0.15) is 11.1 Å². The maximum absolute atomic E-state index is 12.4. The van der Waals surface area contributed by atoms with Gasteiger partial charge in [0.25, 0.3) is 11.8 Å². The molecular weight excluding hydrogens is 523 g/mol. The summed E-state index contributed by atoms with van der Waals surface area (Å²) in [7, 11) is 0. The fourth-order valence-electron chi connectivity index (χ4n) is 3.69. The van der Waals surface area contributed by atoms with Crippen molar-refractivity contribution in [2.45, 2.75) is 13.8 Å². The van der Waals surface area contributed by atoms with Crippen LogP contribution in [0.25, 0.3) is 11.1 Å². The summed E-state index contributed by atoms with van der Waals surface area (Å²) < 4.78 is 11.2. The molecule has 0 aliphatic heterocycles. The lowest BCUT2D eigenvalue weighted by Crippen LogP contribution is -2.20. The van der Waals surface area contributed by atoms with Gasteiger partial charge in [-0.1, -0.05) is 71.7 Å². The number of rotatable bonds is 9. The van der Waals surface area contributed by atoms with Crippen LogP contribution in [-0.2, 0) is 9.59 Å². The number of halogens is 2. The first-order valence-corrected chi connectivity index (χ1v) is 12.6. The van der Waals surface area contributed by atoms with Crippen molar-refractivity contribution in [3.63, 3.8) is 0 Å². The molecule has 0 atom stereocenters. The Morgan fingerprint density at radius 3 is 1.39 bits per heavy atom. The minimum atomic E-state index is -0.322. The van der Waals surface area contributed by atoms with Gasteiger partial charge in [-0.3, -0.25) is 9.59 Å². The molecule has 0 saturated carbocycles. The molecule has 4 aromatic carbocycles. The maximum atomic E-state index is 12.4. The summed E-state index contributed by atoms with van der Waals surface area (Å²) in [6.45, 7) is 3.55. The molecule has 0 aliphatic carbocycles. The zero-order valence-electron chi connectivity index (χ0n) is 20.9. The molecule has 4 rings (SSSR count). The van der Waals surface area contributed by atoms with Crippen molar-refractivity contribution in [1.82, 2.24) is 0 Å². The van der Waals surface area contributed by atoms with Gasteiger partial charge in [-0.15, -0.1) is 0 Å². The summed E-state index contributed by atoms with van der Waals surface area (Å²) in [6, 6.07) is 25.5. The summed E-state index contributed by atoms with van der Waals surface area (Å²) >= 11 is 12.9. The van der Waals surface area contributed by atoms with E-state index in [9.17, 15) is 9.59 Å². The van der Waals surface area contributed by atoms with Crippen LogP contribution in [0.3, 0.4) is 0 Å². The number of amides is 2. The van der Waals surface area contributed by atoms with Gasteiger partial charge in [0.2, 0.25) is 0 Å². The van der Waals surface area contributed by atoms with Gasteiger partial charge in [-0.25, -0.2) is 0 Å². The Morgan fingerprint density at radius 1 is 0.632 bits per heavy atom. The van der Waals surface area contributed by atoms with Crippen molar-refractivity contribution in [3.8, 4) is 22.6 Å². The van der Waals surface area contributed by atoms with Crippen LogP contribution < -0.4 is 20.1 Å². The fraction of sp³-hybridized carbons (Fsp3) is 0.133. The van der Waals surface area contributed by atoms with Crippen LogP contribution >= 0.6 is 23.2 Å². The highest BCUT2D eigenvalue weighted by molar-refractivity contribution is 6.34. The number of carbonyl (C=O) groups is 2. The largest absolute Gasteiger partial charge is 0.483 e. The van der Waals surface area contributed by atoms with Crippen LogP contribution in [0.2, 0.25) is 10.0 Å². The van der Waals surface area contributed by atoms with Gasteiger partial charge in [0.05, 0.1) is 21.4 Å². The van der Waals surface area contributed by atoms with Gasteiger partial charge in [0.15, 0.2) is 13.2 Å². The molecule has 0 saturated heterocycles. The third-order valence-corrected chi connectivity index (χ3v) is 6.35. The highest BCUT2D eigenvalue weighted by Crippen LogP contribution is 2.33. The van der Waals surface area contributed by atoms with Crippen molar-refractivity contribution in [1.29, 1.82) is 0 Å². The van der Waals surface area contributed by atoms with E-state index in [1.807, 2.05) is 74.5 Å². The molecule has 2 amide bonds. The number of aryl methyl sites for hydroxylation is 2. The van der Waals surface area contributed by atoms with Crippen molar-refractivity contribution in [2.24, 2.45) is 0 Å². The first-order valence-electron chi connectivity index (χ1n) is 11.9. The van der Waals surface area contributed by atoms with Crippen LogP contribution in [-0.4, -0.2) is 25.0 Å². The van der Waals surface area contributed by atoms with Crippen LogP contribution in [0, 0.1) is 13.8 Å². The topological polar surface area (TPSA) is 76.7 Å². The molecule has 8 heteroatoms. The zero-order chi connectivity index (χ0) is 27.1. The Labute approximate surface area is 231 Å². The number of anilines is 2. The van der Waals surface area contributed by atoms with E-state index in [0.717, 1.165) is 22.3 Å². The predicted molar refractivity (Wildman–Crippen MR) is 153 cm³/mol. The van der Waals surface area contributed by atoms with Crippen molar-refractivity contribution in [2.75, 3.05) is 23.8 Å². The third-order valence-electron chi connectivity index (χ3n) is 5.72. The van der Waals surface area contributed by atoms with Crippen molar-refractivity contribution in [3.05, 3.63) is 106 Å². The monoisotopic (exact) mass is 548 g/mol. The number of hydrogen-bond donors (Lipinski definition) is 2. The summed E-state index contributed by atoms with van der Waals surface area (Å²) in [5, 5.41) is 6.27. The summed E-state index contributed by atoms with van der Waals surface area (Å²) in [5.41, 5.74) is 4.43. The number of carbonyl (C=O) groups excluding carboxylic acids is 2. The average molecular weight is 549 g/mol. The Morgan fingerprint density at radius 2 is 1.03 bits per heavy atom. The second-order valence-corrected chi connectivity index (χ2v) is 9.41. The molecule has 0 bridgehead atoms. The molecule has 4 aromatic rings. The normalized spacial score (nSPS) is 10.5. The van der Waals surface area contributed by atoms with Crippen LogP contribution in [0.5, 0.6) is 11.5 Å². The average Bonchev–Trinajstić information content (AvgIpc) is 2.90. The number of nitrogens with one attached hydrogen (secondary N) is 2. The van der Waals surface area contributed by atoms with E-state index in [-0.39, 0.29) is 25.0 Å². The lowest BCUT2D eigenvalue weighted by Gasteiger charge is -2.13. The maximum Gasteiger partial charge on any atom is 0.262 e. The molecule has 0 aromatic heterocycles. The molecule has 0 fully saturated rings. The highest BCUT2D eigenvalue weighted by atomic mass is 35.5. The first-order chi connectivity index (χ1) is 18.3. The minimum absolute atomic E-state index is 0.137. The molecule has 0 spiro atoms. The Kier molecular flexibility index (Phi) is 8.89. The number of ether oxygens (including phenoxy) is 2. The van der Waals surface area contributed by atoms with Crippen molar-refractivity contribution >= 4 is 46.4 Å². The molecule has 2 N–H and O–H groups in total. The second-order valence-electron chi connectivity index (χ2n) is 8.59. The summed E-state index contributed by atoms with van der Waals surface area (Å²) in [4.78, 5) is 24.7. The predicted octanol–water partition coefficient (Wildman–Crippen LogP) is 7.31. The van der Waals surface area contributed by atoms with Crippen LogP contribution in [0.4, 0.5) is 11.4 Å². The van der Waals surface area contributed by atoms with E-state index < -0.39 is 0 Å². The Balaban J connectivity index is 1.35. The highest BCUT2D eigenvalue weighted by Gasteiger charge is 2.12. The summed E-state index contributed by atoms with van der Waals surface area (Å²) in [6.07, 6.45) is 0. The SMILES string of the molecule is Cc1ccccc1OCC(=O)Nc1ccc(-c2ccc(NC(=O)COc3ccccc3C)c(Cl)c2)cc1Cl. The lowest BCUT2D eigenvalue weighted by atomic mass is 10.0. The molecule has 0 unspecified atom stereocenters. The molecule has 38 heavy (non-hydrogen) atoms. The second kappa shape index (κ2) is 12.5. The van der Waals surface area contributed by atoms with Gasteiger partial charge in [0, 0.05) is 0 Å². The molecule has 0 heterocycles. The van der Waals surface area contributed by atoms with Gasteiger partial charge >= 0.3 is 0 Å². The first kappa shape index (κ1) is 27.0. The van der Waals surface area contributed by atoms with Gasteiger partial charge in [0.1, 0.15) is 11.5 Å². The van der Waals surface area contributed by atoms with Gasteiger partial charge < -0.3 is 20.1 Å². The quantitative estimate of drug-likeness (QED) is 0.230. The van der Waals surface area contributed by atoms with E-state index in [4.69, 9.17) is 32.7 Å². The molecule has 0 aliphatic rings. The van der Waals surface area contributed by atoms with E-state index in [2.05, 4.69) is 10.6 Å². The van der Waals surface area contributed by atoms with Crippen molar-refractivity contribution < 1.29 is 19.1 Å². The minimum Gasteiger partial charge on any atom is -0.483 e. The molecule has 194 valence electrons. The van der Waals surface area contributed by atoms with E-state index >= 15 is 0 Å². The molecular formula is C30H26Cl2N2O4. The van der Waals surface area contributed by atoms with Gasteiger partial charge in [-0.2, -0.15) is 0 Å². The zero-order valence-corrected chi connectivity index (χ0v) is 22.4. The van der Waals surface area contributed by atoms with Crippen LogP contribution in [0.15, 0.2) is 84.9 Å². The number of para-hydroxylation sites is 2. The Hall–Kier alpha value is -4.00. The van der Waals surface area contributed by atoms with E-state index in [1.165, 1.54) is 0 Å². The van der Waals surface area contributed by atoms with E-state index in [1.54, 1.807) is 24.3 Å². The third kappa shape index (κ3) is 7.06.